The van der Waals surface area contributed by atoms with Gasteiger partial charge < -0.3 is 0 Å². The van der Waals surface area contributed by atoms with E-state index in [-0.39, 0.29) is 22.9 Å². The van der Waals surface area contributed by atoms with Gasteiger partial charge in [-0.05, 0) is 5.41 Å². The van der Waals surface area contributed by atoms with Gasteiger partial charge in [-0.25, -0.2) is 0 Å². The summed E-state index contributed by atoms with van der Waals surface area (Å²) in [6, 6.07) is 0. The van der Waals surface area contributed by atoms with Crippen molar-refractivity contribution in [1.29, 1.82) is 0 Å². The number of hydrogen-bond acceptors (Lipinski definition) is 2. The van der Waals surface area contributed by atoms with E-state index >= 15 is 0 Å². The van der Waals surface area contributed by atoms with E-state index in [0.29, 0.717) is 19.3 Å². The topological polar surface area (TPSA) is 34.1 Å². The van der Waals surface area contributed by atoms with Crippen molar-refractivity contribution in [1.82, 2.24) is 0 Å². The van der Waals surface area contributed by atoms with E-state index in [9.17, 15) is 9.59 Å². The van der Waals surface area contributed by atoms with Crippen LogP contribution in [0.1, 0.15) is 40.0 Å². The number of ketones is 2. The van der Waals surface area contributed by atoms with Gasteiger partial charge in [0.25, 0.3) is 0 Å². The van der Waals surface area contributed by atoms with Gasteiger partial charge in [-0.1, -0.05) is 20.8 Å². The van der Waals surface area contributed by atoms with Crippen molar-refractivity contribution in [3.63, 3.8) is 0 Å². The van der Waals surface area contributed by atoms with Gasteiger partial charge in [0.15, 0.2) is 0 Å². The molecule has 1 aliphatic carbocycles. The SMILES string of the molecule is CC(C)(C)C1CC(=O)CCC1=O. The van der Waals surface area contributed by atoms with Crippen LogP contribution in [0, 0.1) is 11.3 Å². The molecule has 1 aliphatic rings. The van der Waals surface area contributed by atoms with E-state index < -0.39 is 0 Å². The quantitative estimate of drug-likeness (QED) is 0.554. The Morgan fingerprint density at radius 2 is 1.75 bits per heavy atom. The number of carbonyl (C=O) groups is 2. The maximum atomic E-state index is 11.4. The van der Waals surface area contributed by atoms with E-state index in [1.54, 1.807) is 0 Å². The fourth-order valence-corrected chi connectivity index (χ4v) is 1.67. The molecule has 1 unspecified atom stereocenters. The fraction of sp³-hybridized carbons (Fsp3) is 0.800. The molecule has 0 heterocycles. The van der Waals surface area contributed by atoms with Crippen molar-refractivity contribution in [2.24, 2.45) is 11.3 Å². The summed E-state index contributed by atoms with van der Waals surface area (Å²) in [6.45, 7) is 6.07. The molecule has 0 N–H and O–H groups in total. The summed E-state index contributed by atoms with van der Waals surface area (Å²) in [5, 5.41) is 0. The second-order valence-electron chi connectivity index (χ2n) is 4.63. The summed E-state index contributed by atoms with van der Waals surface area (Å²) in [7, 11) is 0. The van der Waals surface area contributed by atoms with Crippen LogP contribution in [0.5, 0.6) is 0 Å². The van der Waals surface area contributed by atoms with Crippen LogP contribution in [0.3, 0.4) is 0 Å². The van der Waals surface area contributed by atoms with Crippen molar-refractivity contribution in [2.45, 2.75) is 40.0 Å². The van der Waals surface area contributed by atoms with Gasteiger partial charge in [0.2, 0.25) is 0 Å². The molecule has 2 nitrogen and oxygen atoms in total. The Morgan fingerprint density at radius 1 is 1.17 bits per heavy atom. The summed E-state index contributed by atoms with van der Waals surface area (Å²) in [6.07, 6.45) is 1.38. The second kappa shape index (κ2) is 3.00. The lowest BCUT2D eigenvalue weighted by molar-refractivity contribution is -0.136. The first-order valence-electron chi connectivity index (χ1n) is 4.45. The van der Waals surface area contributed by atoms with Crippen LogP contribution in [0.4, 0.5) is 0 Å². The predicted octanol–water partition coefficient (Wildman–Crippen LogP) is 1.97. The first-order valence-corrected chi connectivity index (χ1v) is 4.45. The zero-order chi connectivity index (χ0) is 9.35. The highest BCUT2D eigenvalue weighted by molar-refractivity contribution is 5.94. The Kier molecular flexibility index (Phi) is 2.36. The minimum Gasteiger partial charge on any atom is -0.300 e. The van der Waals surface area contributed by atoms with Gasteiger partial charge in [0.05, 0.1) is 0 Å². The van der Waals surface area contributed by atoms with Crippen LogP contribution < -0.4 is 0 Å². The van der Waals surface area contributed by atoms with Crippen LogP contribution in [-0.2, 0) is 9.59 Å². The molecule has 1 atom stereocenters. The van der Waals surface area contributed by atoms with Gasteiger partial charge in [-0.3, -0.25) is 9.59 Å². The minimum absolute atomic E-state index is 0.0428. The lowest BCUT2D eigenvalue weighted by Gasteiger charge is -2.31. The Morgan fingerprint density at radius 3 is 2.17 bits per heavy atom. The number of carbonyl (C=O) groups excluding carboxylic acids is 2. The highest BCUT2D eigenvalue weighted by Crippen LogP contribution is 2.33. The number of rotatable bonds is 0. The highest BCUT2D eigenvalue weighted by Gasteiger charge is 2.35. The summed E-state index contributed by atoms with van der Waals surface area (Å²) in [4.78, 5) is 22.5. The molecule has 0 radical (unpaired) electrons. The second-order valence-corrected chi connectivity index (χ2v) is 4.63. The van der Waals surface area contributed by atoms with Gasteiger partial charge >= 0.3 is 0 Å². The third-order valence-corrected chi connectivity index (χ3v) is 2.52. The van der Waals surface area contributed by atoms with Crippen LogP contribution in [0.25, 0.3) is 0 Å². The van der Waals surface area contributed by atoms with Crippen molar-refractivity contribution in [3.8, 4) is 0 Å². The minimum atomic E-state index is -0.0484. The Hall–Kier alpha value is -0.660. The van der Waals surface area contributed by atoms with Crippen LogP contribution in [-0.4, -0.2) is 11.6 Å². The molecule has 12 heavy (non-hydrogen) atoms. The average Bonchev–Trinajstić information content (AvgIpc) is 1.92. The maximum absolute atomic E-state index is 11.4. The smallest absolute Gasteiger partial charge is 0.137 e. The molecule has 0 bridgehead atoms. The highest BCUT2D eigenvalue weighted by atomic mass is 16.1. The zero-order valence-corrected chi connectivity index (χ0v) is 8.02. The Balaban J connectivity index is 2.74. The van der Waals surface area contributed by atoms with Gasteiger partial charge in [-0.15, -0.1) is 0 Å². The van der Waals surface area contributed by atoms with Crippen molar-refractivity contribution in [3.05, 3.63) is 0 Å². The molecule has 0 aromatic rings. The van der Waals surface area contributed by atoms with Crippen LogP contribution in [0.2, 0.25) is 0 Å². The zero-order valence-electron chi connectivity index (χ0n) is 8.02. The molecule has 1 rings (SSSR count). The lowest BCUT2D eigenvalue weighted by Crippen LogP contribution is -2.34. The first kappa shape index (κ1) is 9.43. The molecule has 0 spiro atoms. The molecule has 0 aliphatic heterocycles. The molecular formula is C10H16O2. The lowest BCUT2D eigenvalue weighted by atomic mass is 9.71. The Bertz CT molecular complexity index is 210. The standard InChI is InChI=1S/C10H16O2/c1-10(2,3)8-6-7(11)4-5-9(8)12/h8H,4-6H2,1-3H3. The summed E-state index contributed by atoms with van der Waals surface area (Å²) < 4.78 is 0. The monoisotopic (exact) mass is 168 g/mol. The number of hydrogen-bond donors (Lipinski definition) is 0. The third kappa shape index (κ3) is 1.93. The molecule has 1 fully saturated rings. The van der Waals surface area contributed by atoms with Crippen molar-refractivity contribution in [2.75, 3.05) is 0 Å². The molecule has 1 saturated carbocycles. The molecule has 0 amide bonds. The van der Waals surface area contributed by atoms with E-state index in [2.05, 4.69) is 0 Å². The maximum Gasteiger partial charge on any atom is 0.137 e. The molecule has 0 saturated heterocycles. The van der Waals surface area contributed by atoms with E-state index in [1.165, 1.54) is 0 Å². The Labute approximate surface area is 73.3 Å². The fourth-order valence-electron chi connectivity index (χ4n) is 1.67. The van der Waals surface area contributed by atoms with Crippen molar-refractivity contribution >= 4 is 11.6 Å². The largest absolute Gasteiger partial charge is 0.300 e. The average molecular weight is 168 g/mol. The summed E-state index contributed by atoms with van der Waals surface area (Å²) in [5.74, 6) is 0.468. The molecule has 68 valence electrons. The molecular weight excluding hydrogens is 152 g/mol. The van der Waals surface area contributed by atoms with E-state index in [4.69, 9.17) is 0 Å². The van der Waals surface area contributed by atoms with Gasteiger partial charge in [-0.2, -0.15) is 0 Å². The molecule has 0 aromatic heterocycles. The first-order chi connectivity index (χ1) is 5.41. The van der Waals surface area contributed by atoms with Gasteiger partial charge in [0, 0.05) is 25.2 Å². The van der Waals surface area contributed by atoms with Crippen LogP contribution >= 0.6 is 0 Å². The third-order valence-electron chi connectivity index (χ3n) is 2.52. The van der Waals surface area contributed by atoms with Crippen molar-refractivity contribution < 1.29 is 9.59 Å². The summed E-state index contributed by atoms with van der Waals surface area (Å²) >= 11 is 0. The number of Topliss-reactive ketones (excluding diaryl/α,β-unsaturated/α-hetero) is 2. The summed E-state index contributed by atoms with van der Waals surface area (Å²) in [5.41, 5.74) is -0.0484. The van der Waals surface area contributed by atoms with E-state index in [0.717, 1.165) is 0 Å². The van der Waals surface area contributed by atoms with E-state index in [1.807, 2.05) is 20.8 Å². The van der Waals surface area contributed by atoms with Crippen LogP contribution in [0.15, 0.2) is 0 Å². The van der Waals surface area contributed by atoms with Gasteiger partial charge in [0.1, 0.15) is 11.6 Å². The predicted molar refractivity (Wildman–Crippen MR) is 46.8 cm³/mol. The molecule has 0 aromatic carbocycles. The molecule has 2 heteroatoms. The normalized spacial score (nSPS) is 26.1.